The van der Waals surface area contributed by atoms with Gasteiger partial charge in [0.2, 0.25) is 5.78 Å². The number of nitrogens with zero attached hydrogens (tertiary/aromatic N) is 2. The van der Waals surface area contributed by atoms with Crippen molar-refractivity contribution in [2.24, 2.45) is 4.99 Å². The third-order valence-corrected chi connectivity index (χ3v) is 4.78. The van der Waals surface area contributed by atoms with Crippen molar-refractivity contribution in [2.45, 2.75) is 46.0 Å². The highest BCUT2D eigenvalue weighted by molar-refractivity contribution is 6.24. The lowest BCUT2D eigenvalue weighted by Gasteiger charge is -2.24. The molecule has 2 aromatic carbocycles. The molecule has 2 aliphatic carbocycles. The van der Waals surface area contributed by atoms with Crippen molar-refractivity contribution in [2.75, 3.05) is 18.1 Å². The lowest BCUT2D eigenvalue weighted by molar-refractivity contribution is 0.100. The van der Waals surface area contributed by atoms with Crippen LogP contribution in [0.4, 0.5) is 11.4 Å². The highest BCUT2D eigenvalue weighted by Gasteiger charge is 2.34. The fourth-order valence-electron chi connectivity index (χ4n) is 3.16. The van der Waals surface area contributed by atoms with Crippen molar-refractivity contribution in [1.29, 1.82) is 0 Å². The van der Waals surface area contributed by atoms with Crippen LogP contribution in [0.2, 0.25) is 0 Å². The summed E-state index contributed by atoms with van der Waals surface area (Å²) in [6, 6.07) is 13.9. The molecular weight excluding hydrogens is 336 g/mol. The zero-order chi connectivity index (χ0) is 19.1. The first-order chi connectivity index (χ1) is 13.3. The molecule has 0 fully saturated rings. The number of ether oxygens (including phenoxy) is 1. The Hall–Kier alpha value is -2.62. The largest absolute Gasteiger partial charge is 0.492 e. The van der Waals surface area contributed by atoms with E-state index in [1.54, 1.807) is 0 Å². The molecule has 0 N–H and O–H groups in total. The van der Waals surface area contributed by atoms with Crippen LogP contribution in [0.5, 0.6) is 5.75 Å². The maximum absolute atomic E-state index is 12.3. The second kappa shape index (κ2) is 9.36. The van der Waals surface area contributed by atoms with Crippen LogP contribution in [0.15, 0.2) is 47.5 Å². The van der Waals surface area contributed by atoms with E-state index in [4.69, 9.17) is 4.74 Å². The van der Waals surface area contributed by atoms with Gasteiger partial charge in [-0.2, -0.15) is 0 Å². The average Bonchev–Trinajstić information content (AvgIpc) is 2.71. The number of ketones is 1. The van der Waals surface area contributed by atoms with Crippen LogP contribution in [0, 0.1) is 0 Å². The summed E-state index contributed by atoms with van der Waals surface area (Å²) in [7, 11) is 0. The number of para-hydroxylation sites is 1. The number of carbonyl (C=O) groups excluding carboxylic acids is 1. The Bertz CT molecular complexity index is 800. The van der Waals surface area contributed by atoms with Crippen LogP contribution in [-0.2, 0) is 0 Å². The van der Waals surface area contributed by atoms with Gasteiger partial charge in [0, 0.05) is 12.2 Å². The number of hydrogen-bond acceptors (Lipinski definition) is 3. The summed E-state index contributed by atoms with van der Waals surface area (Å²) in [5.74, 6) is 0.778. The fourth-order valence-corrected chi connectivity index (χ4v) is 3.16. The zero-order valence-corrected chi connectivity index (χ0v) is 16.3. The predicted octanol–water partition coefficient (Wildman–Crippen LogP) is 5.77. The number of benzene rings is 2. The zero-order valence-electron chi connectivity index (χ0n) is 16.3. The molecule has 2 aliphatic rings. The van der Waals surface area contributed by atoms with Gasteiger partial charge in [-0.25, -0.2) is 4.99 Å². The molecule has 0 atom stereocenters. The quantitative estimate of drug-likeness (QED) is 0.246. The minimum absolute atomic E-state index is 0.0509. The SMILES string of the molecule is CCCCCOc1c2ccc(N=CN(CCCC)c3ccccc3)c1C2=O. The molecule has 0 unspecified atom stereocenters. The van der Waals surface area contributed by atoms with Crippen molar-refractivity contribution >= 4 is 23.5 Å². The van der Waals surface area contributed by atoms with Gasteiger partial charge >= 0.3 is 0 Å². The number of hydrogen-bond donors (Lipinski definition) is 0. The van der Waals surface area contributed by atoms with E-state index in [9.17, 15) is 4.79 Å². The summed E-state index contributed by atoms with van der Waals surface area (Å²) < 4.78 is 5.87. The van der Waals surface area contributed by atoms with Gasteiger partial charge in [-0.1, -0.05) is 51.3 Å². The number of aliphatic imine (C=N–C) groups is 1. The Kier molecular flexibility index (Phi) is 6.64. The predicted molar refractivity (Wildman–Crippen MR) is 112 cm³/mol. The molecule has 2 bridgehead atoms. The van der Waals surface area contributed by atoms with Crippen LogP contribution in [0.25, 0.3) is 0 Å². The Morgan fingerprint density at radius 1 is 1.00 bits per heavy atom. The molecule has 4 heteroatoms. The van der Waals surface area contributed by atoms with E-state index >= 15 is 0 Å². The van der Waals surface area contributed by atoms with Crippen LogP contribution in [0.3, 0.4) is 0 Å². The second-order valence-electron chi connectivity index (χ2n) is 6.85. The summed E-state index contributed by atoms with van der Waals surface area (Å²) in [6.07, 6.45) is 7.33. The number of unbranched alkanes of at least 4 members (excludes halogenated alkanes) is 3. The topological polar surface area (TPSA) is 41.9 Å². The van der Waals surface area contributed by atoms with E-state index in [1.807, 2.05) is 36.7 Å². The molecule has 142 valence electrons. The fraction of sp³-hybridized carbons (Fsp3) is 0.391. The molecule has 0 saturated heterocycles. The van der Waals surface area contributed by atoms with Crippen LogP contribution in [-0.4, -0.2) is 25.3 Å². The smallest absolute Gasteiger partial charge is 0.202 e. The van der Waals surface area contributed by atoms with Crippen molar-refractivity contribution in [3.63, 3.8) is 0 Å². The van der Waals surface area contributed by atoms with Crippen molar-refractivity contribution < 1.29 is 9.53 Å². The van der Waals surface area contributed by atoms with Crippen molar-refractivity contribution in [3.8, 4) is 5.75 Å². The first-order valence-corrected chi connectivity index (χ1v) is 9.96. The lowest BCUT2D eigenvalue weighted by atomic mass is 9.87. The van der Waals surface area contributed by atoms with Crippen LogP contribution < -0.4 is 9.64 Å². The first kappa shape index (κ1) is 19.2. The minimum Gasteiger partial charge on any atom is -0.492 e. The van der Waals surface area contributed by atoms with E-state index in [-0.39, 0.29) is 5.78 Å². The Labute approximate surface area is 161 Å². The molecule has 0 aromatic heterocycles. The standard InChI is InChI=1S/C23H28N2O2/c1-3-5-10-16-27-23-19-13-14-20(21(23)22(19)26)24-17-25(15-6-4-2)18-11-8-7-9-12-18/h7-9,11-14,17H,3-6,10,15-16H2,1-2H3. The molecule has 0 radical (unpaired) electrons. The summed E-state index contributed by atoms with van der Waals surface area (Å²) in [5.41, 5.74) is 3.11. The van der Waals surface area contributed by atoms with E-state index in [2.05, 4.69) is 35.9 Å². The van der Waals surface area contributed by atoms with E-state index < -0.39 is 0 Å². The van der Waals surface area contributed by atoms with E-state index in [0.717, 1.165) is 50.1 Å². The summed E-state index contributed by atoms with van der Waals surface area (Å²) in [6.45, 7) is 5.89. The molecule has 27 heavy (non-hydrogen) atoms. The summed E-state index contributed by atoms with van der Waals surface area (Å²) in [5, 5.41) is 0. The molecule has 0 spiro atoms. The third kappa shape index (κ3) is 4.38. The third-order valence-electron chi connectivity index (χ3n) is 4.78. The maximum Gasteiger partial charge on any atom is 0.202 e. The van der Waals surface area contributed by atoms with Crippen LogP contribution >= 0.6 is 0 Å². The lowest BCUT2D eigenvalue weighted by Crippen LogP contribution is -2.23. The number of anilines is 1. The molecule has 0 aliphatic heterocycles. The Morgan fingerprint density at radius 3 is 2.48 bits per heavy atom. The number of rotatable bonds is 11. The highest BCUT2D eigenvalue weighted by atomic mass is 16.5. The molecule has 4 nitrogen and oxygen atoms in total. The van der Waals surface area contributed by atoms with Gasteiger partial charge in [0.1, 0.15) is 5.75 Å². The van der Waals surface area contributed by atoms with Crippen molar-refractivity contribution in [3.05, 3.63) is 53.6 Å². The van der Waals surface area contributed by atoms with Gasteiger partial charge < -0.3 is 9.64 Å². The molecule has 0 saturated carbocycles. The highest BCUT2D eigenvalue weighted by Crippen LogP contribution is 2.43. The molecule has 4 rings (SSSR count). The number of fused-ring (bicyclic) bond motifs is 2. The van der Waals surface area contributed by atoms with Gasteiger partial charge in [-0.15, -0.1) is 0 Å². The molecule has 0 heterocycles. The van der Waals surface area contributed by atoms with Gasteiger partial charge in [-0.05, 0) is 37.1 Å². The second-order valence-corrected chi connectivity index (χ2v) is 6.85. The van der Waals surface area contributed by atoms with Gasteiger partial charge in [-0.3, -0.25) is 4.79 Å². The average molecular weight is 364 g/mol. The molecule has 2 aromatic rings. The minimum atomic E-state index is 0.0509. The first-order valence-electron chi connectivity index (χ1n) is 9.96. The van der Waals surface area contributed by atoms with Crippen LogP contribution in [0.1, 0.15) is 61.9 Å². The summed E-state index contributed by atoms with van der Waals surface area (Å²) in [4.78, 5) is 19.1. The molecular formula is C23H28N2O2. The van der Waals surface area contributed by atoms with E-state index in [0.29, 0.717) is 23.4 Å². The van der Waals surface area contributed by atoms with Gasteiger partial charge in [0.15, 0.2) is 0 Å². The summed E-state index contributed by atoms with van der Waals surface area (Å²) >= 11 is 0. The number of carbonyl (C=O) groups is 1. The van der Waals surface area contributed by atoms with Gasteiger partial charge in [0.05, 0.1) is 29.8 Å². The maximum atomic E-state index is 12.3. The van der Waals surface area contributed by atoms with Gasteiger partial charge in [0.25, 0.3) is 0 Å². The Morgan fingerprint density at radius 2 is 1.78 bits per heavy atom. The Balaban J connectivity index is 1.76. The normalized spacial score (nSPS) is 12.3. The molecule has 0 amide bonds. The van der Waals surface area contributed by atoms with Crippen molar-refractivity contribution in [1.82, 2.24) is 0 Å². The van der Waals surface area contributed by atoms with E-state index in [1.165, 1.54) is 0 Å². The monoisotopic (exact) mass is 364 g/mol.